The van der Waals surface area contributed by atoms with Gasteiger partial charge in [0.15, 0.2) is 5.65 Å². The zero-order chi connectivity index (χ0) is 16.4. The molecule has 6 heteroatoms. The molecular formula is C17H25N5O. The van der Waals surface area contributed by atoms with Crippen molar-refractivity contribution in [1.82, 2.24) is 19.5 Å². The normalized spacial score (nSPS) is 18.4. The van der Waals surface area contributed by atoms with Crippen LogP contribution in [0.5, 0.6) is 0 Å². The maximum Gasteiger partial charge on any atom is 0.227 e. The first-order chi connectivity index (χ1) is 11.1. The lowest BCUT2D eigenvalue weighted by atomic mass is 9.96. The lowest BCUT2D eigenvalue weighted by Crippen LogP contribution is -2.45. The van der Waals surface area contributed by atoms with E-state index in [0.717, 1.165) is 56.2 Å². The second-order valence-electron chi connectivity index (χ2n) is 6.15. The number of piperidine rings is 1. The summed E-state index contributed by atoms with van der Waals surface area (Å²) in [4.78, 5) is 21.4. The van der Waals surface area contributed by atoms with Crippen LogP contribution in [0, 0.1) is 12.8 Å². The minimum atomic E-state index is 0.0720. The van der Waals surface area contributed by atoms with Crippen LogP contribution in [0.15, 0.2) is 18.3 Å². The van der Waals surface area contributed by atoms with E-state index >= 15 is 0 Å². The van der Waals surface area contributed by atoms with Gasteiger partial charge in [-0.25, -0.2) is 4.98 Å². The lowest BCUT2D eigenvalue weighted by Gasteiger charge is -2.35. The summed E-state index contributed by atoms with van der Waals surface area (Å²) in [6.07, 6.45) is 3.77. The summed E-state index contributed by atoms with van der Waals surface area (Å²) in [7, 11) is 0. The van der Waals surface area contributed by atoms with Gasteiger partial charge in [-0.2, -0.15) is 9.61 Å². The first kappa shape index (κ1) is 15.8. The molecule has 0 radical (unpaired) electrons. The van der Waals surface area contributed by atoms with E-state index in [1.807, 2.05) is 36.3 Å². The molecule has 0 aromatic carbocycles. The highest BCUT2D eigenvalue weighted by Gasteiger charge is 2.29. The summed E-state index contributed by atoms with van der Waals surface area (Å²) >= 11 is 0. The first-order valence-electron chi connectivity index (χ1n) is 8.49. The van der Waals surface area contributed by atoms with Gasteiger partial charge in [-0.1, -0.05) is 0 Å². The molecule has 1 amide bonds. The second-order valence-corrected chi connectivity index (χ2v) is 6.15. The summed E-state index contributed by atoms with van der Waals surface area (Å²) in [5.41, 5.74) is 1.84. The Bertz CT molecular complexity index is 691. The van der Waals surface area contributed by atoms with E-state index in [4.69, 9.17) is 0 Å². The number of nitrogens with zero attached hydrogens (tertiary/aromatic N) is 5. The van der Waals surface area contributed by atoms with Crippen LogP contribution in [0.1, 0.15) is 32.4 Å². The Kier molecular flexibility index (Phi) is 4.50. The molecule has 0 aliphatic carbocycles. The zero-order valence-corrected chi connectivity index (χ0v) is 14.2. The molecule has 0 bridgehead atoms. The van der Waals surface area contributed by atoms with E-state index in [1.165, 1.54) is 0 Å². The molecule has 23 heavy (non-hydrogen) atoms. The van der Waals surface area contributed by atoms with E-state index in [9.17, 15) is 4.79 Å². The topological polar surface area (TPSA) is 53.7 Å². The minimum absolute atomic E-state index is 0.0720. The molecule has 1 aliphatic rings. The van der Waals surface area contributed by atoms with Gasteiger partial charge in [0.05, 0.1) is 12.1 Å². The van der Waals surface area contributed by atoms with Gasteiger partial charge in [-0.05, 0) is 33.6 Å². The minimum Gasteiger partial charge on any atom is -0.356 e. The van der Waals surface area contributed by atoms with Crippen LogP contribution in [0.25, 0.3) is 5.65 Å². The van der Waals surface area contributed by atoms with Gasteiger partial charge in [-0.3, -0.25) is 4.79 Å². The predicted molar refractivity (Wildman–Crippen MR) is 90.6 cm³/mol. The Morgan fingerprint density at radius 3 is 2.91 bits per heavy atom. The fourth-order valence-electron chi connectivity index (χ4n) is 3.42. The number of aromatic nitrogens is 3. The molecule has 2 aromatic heterocycles. The number of aryl methyl sites for hydroxylation is 1. The highest BCUT2D eigenvalue weighted by Crippen LogP contribution is 2.25. The molecule has 0 saturated carbocycles. The van der Waals surface area contributed by atoms with E-state index < -0.39 is 0 Å². The van der Waals surface area contributed by atoms with Crippen molar-refractivity contribution < 1.29 is 4.79 Å². The third kappa shape index (κ3) is 3.02. The maximum absolute atomic E-state index is 12.7. The molecule has 6 nitrogen and oxygen atoms in total. The standard InChI is InChI=1S/C17H25N5O/c1-4-20(5-2)17(23)14-7-6-10-21(12-14)16-11-13(3)19-15-8-9-18-22(15)16/h8-9,11,14H,4-7,10,12H2,1-3H3/t14-/m0/s1. The van der Waals surface area contributed by atoms with Gasteiger partial charge in [0.25, 0.3) is 0 Å². The van der Waals surface area contributed by atoms with Crippen LogP contribution >= 0.6 is 0 Å². The van der Waals surface area contributed by atoms with Crippen LogP contribution in [0.2, 0.25) is 0 Å². The Balaban J connectivity index is 1.85. The summed E-state index contributed by atoms with van der Waals surface area (Å²) in [5, 5.41) is 4.39. The van der Waals surface area contributed by atoms with Crippen molar-refractivity contribution >= 4 is 17.4 Å². The molecule has 2 aromatic rings. The van der Waals surface area contributed by atoms with Crippen molar-refractivity contribution in [3.8, 4) is 0 Å². The summed E-state index contributed by atoms with van der Waals surface area (Å²) in [6.45, 7) is 9.36. The highest BCUT2D eigenvalue weighted by molar-refractivity contribution is 5.79. The van der Waals surface area contributed by atoms with Crippen LogP contribution < -0.4 is 4.90 Å². The smallest absolute Gasteiger partial charge is 0.227 e. The quantitative estimate of drug-likeness (QED) is 0.867. The van der Waals surface area contributed by atoms with Gasteiger partial charge in [-0.15, -0.1) is 0 Å². The number of fused-ring (bicyclic) bond motifs is 1. The predicted octanol–water partition coefficient (Wildman–Crippen LogP) is 2.12. The molecule has 1 aliphatic heterocycles. The molecule has 0 unspecified atom stereocenters. The average Bonchev–Trinajstić information content (AvgIpc) is 3.03. The molecular weight excluding hydrogens is 290 g/mol. The van der Waals surface area contributed by atoms with Crippen molar-refractivity contribution in [2.24, 2.45) is 5.92 Å². The van der Waals surface area contributed by atoms with Crippen LogP contribution in [0.4, 0.5) is 5.82 Å². The number of rotatable bonds is 4. The summed E-state index contributed by atoms with van der Waals surface area (Å²) in [5.74, 6) is 1.39. The number of hydrogen-bond donors (Lipinski definition) is 0. The molecule has 0 spiro atoms. The van der Waals surface area contributed by atoms with Crippen LogP contribution in [-0.4, -0.2) is 51.6 Å². The summed E-state index contributed by atoms with van der Waals surface area (Å²) in [6, 6.07) is 3.98. The number of amides is 1. The first-order valence-corrected chi connectivity index (χ1v) is 8.49. The molecule has 1 atom stereocenters. The number of carbonyl (C=O) groups is 1. The van der Waals surface area contributed by atoms with Crippen molar-refractivity contribution in [3.63, 3.8) is 0 Å². The average molecular weight is 315 g/mol. The van der Waals surface area contributed by atoms with Gasteiger partial charge in [0.1, 0.15) is 5.82 Å². The number of anilines is 1. The van der Waals surface area contributed by atoms with E-state index in [-0.39, 0.29) is 11.8 Å². The highest BCUT2D eigenvalue weighted by atomic mass is 16.2. The van der Waals surface area contributed by atoms with Gasteiger partial charge < -0.3 is 9.80 Å². The SMILES string of the molecule is CCN(CC)C(=O)[C@H]1CCCN(c2cc(C)nc3ccnn23)C1. The maximum atomic E-state index is 12.7. The molecule has 124 valence electrons. The number of carbonyl (C=O) groups excluding carboxylic acids is 1. The molecule has 3 rings (SSSR count). The second kappa shape index (κ2) is 6.56. The lowest BCUT2D eigenvalue weighted by molar-refractivity contribution is -0.135. The van der Waals surface area contributed by atoms with Gasteiger partial charge in [0.2, 0.25) is 5.91 Å². The number of hydrogen-bond acceptors (Lipinski definition) is 4. The Labute approximate surface area is 137 Å². The molecule has 1 fully saturated rings. The van der Waals surface area contributed by atoms with Gasteiger partial charge in [0, 0.05) is 44.0 Å². The van der Waals surface area contributed by atoms with Crippen LogP contribution in [-0.2, 0) is 4.79 Å². The Morgan fingerprint density at radius 2 is 2.17 bits per heavy atom. The zero-order valence-electron chi connectivity index (χ0n) is 14.2. The molecule has 0 N–H and O–H groups in total. The summed E-state index contributed by atoms with van der Waals surface area (Å²) < 4.78 is 1.87. The third-order valence-electron chi connectivity index (χ3n) is 4.64. The van der Waals surface area contributed by atoms with E-state index in [0.29, 0.717) is 0 Å². The van der Waals surface area contributed by atoms with E-state index in [1.54, 1.807) is 6.20 Å². The van der Waals surface area contributed by atoms with E-state index in [2.05, 4.69) is 21.0 Å². The fourth-order valence-corrected chi connectivity index (χ4v) is 3.42. The van der Waals surface area contributed by atoms with Gasteiger partial charge >= 0.3 is 0 Å². The van der Waals surface area contributed by atoms with Crippen molar-refractivity contribution in [1.29, 1.82) is 0 Å². The van der Waals surface area contributed by atoms with Crippen LogP contribution in [0.3, 0.4) is 0 Å². The Hall–Kier alpha value is -2.11. The van der Waals surface area contributed by atoms with Crippen molar-refractivity contribution in [3.05, 3.63) is 24.0 Å². The largest absolute Gasteiger partial charge is 0.356 e. The van der Waals surface area contributed by atoms with Crippen molar-refractivity contribution in [2.75, 3.05) is 31.1 Å². The Morgan fingerprint density at radius 1 is 1.39 bits per heavy atom. The third-order valence-corrected chi connectivity index (χ3v) is 4.64. The fraction of sp³-hybridized carbons (Fsp3) is 0.588. The molecule has 1 saturated heterocycles. The van der Waals surface area contributed by atoms with Crippen molar-refractivity contribution in [2.45, 2.75) is 33.6 Å². The monoisotopic (exact) mass is 315 g/mol. The molecule has 3 heterocycles.